The first-order valence-corrected chi connectivity index (χ1v) is 7.53. The fraction of sp³-hybridized carbons (Fsp3) is 0.417. The maximum atomic E-state index is 13.2. The number of sulfonamides is 1. The second-order valence-corrected chi connectivity index (χ2v) is 6.07. The summed E-state index contributed by atoms with van der Waals surface area (Å²) in [6.45, 7) is 1.96. The Balaban J connectivity index is 2.08. The van der Waals surface area contributed by atoms with Crippen LogP contribution in [0.5, 0.6) is 0 Å². The molecule has 1 aromatic rings. The number of benzene rings is 1. The van der Waals surface area contributed by atoms with E-state index in [2.05, 4.69) is 10.0 Å². The number of nitrogens with zero attached hydrogens (tertiary/aromatic N) is 1. The highest BCUT2D eigenvalue weighted by atomic mass is 32.2. The monoisotopic (exact) mass is 299 g/mol. The van der Waals surface area contributed by atoms with Gasteiger partial charge in [-0.25, -0.2) is 17.5 Å². The van der Waals surface area contributed by atoms with Gasteiger partial charge < -0.3 is 10.1 Å². The summed E-state index contributed by atoms with van der Waals surface area (Å²) in [4.78, 5) is -0.140. The van der Waals surface area contributed by atoms with Gasteiger partial charge in [0.05, 0.1) is 23.2 Å². The molecule has 0 radical (unpaired) electrons. The lowest BCUT2D eigenvalue weighted by Gasteiger charge is -2.23. The van der Waals surface area contributed by atoms with Crippen molar-refractivity contribution in [2.24, 2.45) is 0 Å². The predicted molar refractivity (Wildman–Crippen MR) is 68.9 cm³/mol. The van der Waals surface area contributed by atoms with Crippen molar-refractivity contribution in [3.8, 4) is 6.07 Å². The van der Waals surface area contributed by atoms with E-state index in [1.54, 1.807) is 6.07 Å². The molecule has 0 spiro atoms. The topological polar surface area (TPSA) is 91.2 Å². The summed E-state index contributed by atoms with van der Waals surface area (Å²) in [6, 6.07) is 4.71. The van der Waals surface area contributed by atoms with E-state index < -0.39 is 15.8 Å². The highest BCUT2D eigenvalue weighted by Crippen LogP contribution is 2.14. The standard InChI is InChI=1S/C12H14FN3O3S/c13-12-2-1-11(5-9(12)6-14)20(17,18)16-8-10-7-15-3-4-19-10/h1-2,5,10,15-16H,3-4,7-8H2. The van der Waals surface area contributed by atoms with E-state index in [1.807, 2.05) is 0 Å². The van der Waals surface area contributed by atoms with Crippen LogP contribution < -0.4 is 10.0 Å². The zero-order valence-corrected chi connectivity index (χ0v) is 11.4. The Labute approximate surface area is 116 Å². The molecule has 1 heterocycles. The van der Waals surface area contributed by atoms with E-state index in [1.165, 1.54) is 0 Å². The van der Waals surface area contributed by atoms with Crippen LogP contribution in [0.1, 0.15) is 5.56 Å². The molecule has 0 aliphatic carbocycles. The summed E-state index contributed by atoms with van der Waals surface area (Å²) in [6.07, 6.45) is -0.241. The zero-order valence-electron chi connectivity index (χ0n) is 10.6. The summed E-state index contributed by atoms with van der Waals surface area (Å²) in [5.41, 5.74) is -0.302. The molecule has 0 bridgehead atoms. The van der Waals surface area contributed by atoms with Crippen molar-refractivity contribution in [3.05, 3.63) is 29.6 Å². The Morgan fingerprint density at radius 1 is 1.55 bits per heavy atom. The third-order valence-corrected chi connectivity index (χ3v) is 4.30. The Hall–Kier alpha value is -1.53. The lowest BCUT2D eigenvalue weighted by molar-refractivity contribution is 0.0324. The SMILES string of the molecule is N#Cc1cc(S(=O)(=O)NCC2CNCCO2)ccc1F. The van der Waals surface area contributed by atoms with E-state index in [4.69, 9.17) is 10.00 Å². The van der Waals surface area contributed by atoms with Crippen LogP contribution in [-0.4, -0.2) is 40.8 Å². The maximum absolute atomic E-state index is 13.2. The molecule has 2 rings (SSSR count). The first-order chi connectivity index (χ1) is 9.53. The first kappa shape index (κ1) is 14.9. The van der Waals surface area contributed by atoms with Gasteiger partial charge in [-0.15, -0.1) is 0 Å². The van der Waals surface area contributed by atoms with Crippen molar-refractivity contribution >= 4 is 10.0 Å². The van der Waals surface area contributed by atoms with E-state index in [0.29, 0.717) is 13.2 Å². The predicted octanol–water partition coefficient (Wildman–Crippen LogP) is -0.0359. The van der Waals surface area contributed by atoms with Crippen molar-refractivity contribution < 1.29 is 17.5 Å². The van der Waals surface area contributed by atoms with Gasteiger partial charge in [-0.2, -0.15) is 5.26 Å². The molecular weight excluding hydrogens is 285 g/mol. The third-order valence-electron chi connectivity index (χ3n) is 2.87. The van der Waals surface area contributed by atoms with Crippen LogP contribution in [0.2, 0.25) is 0 Å². The van der Waals surface area contributed by atoms with E-state index in [-0.39, 0.29) is 23.1 Å². The molecule has 1 unspecified atom stereocenters. The first-order valence-electron chi connectivity index (χ1n) is 6.04. The number of ether oxygens (including phenoxy) is 1. The lowest BCUT2D eigenvalue weighted by atomic mass is 10.2. The molecule has 20 heavy (non-hydrogen) atoms. The minimum absolute atomic E-state index is 0.120. The molecule has 0 aromatic heterocycles. The van der Waals surface area contributed by atoms with Crippen molar-refractivity contribution in [1.82, 2.24) is 10.0 Å². The van der Waals surface area contributed by atoms with E-state index in [0.717, 1.165) is 24.7 Å². The molecule has 0 saturated carbocycles. The van der Waals surface area contributed by atoms with E-state index in [9.17, 15) is 12.8 Å². The summed E-state index contributed by atoms with van der Waals surface area (Å²) < 4.78 is 45.0. The summed E-state index contributed by atoms with van der Waals surface area (Å²) >= 11 is 0. The van der Waals surface area contributed by atoms with Crippen LogP contribution in [0.4, 0.5) is 4.39 Å². The highest BCUT2D eigenvalue weighted by molar-refractivity contribution is 7.89. The molecule has 2 N–H and O–H groups in total. The number of rotatable bonds is 4. The number of hydrogen-bond acceptors (Lipinski definition) is 5. The molecule has 8 heteroatoms. The van der Waals surface area contributed by atoms with Crippen LogP contribution in [-0.2, 0) is 14.8 Å². The van der Waals surface area contributed by atoms with Crippen LogP contribution in [0.3, 0.4) is 0 Å². The largest absolute Gasteiger partial charge is 0.374 e. The smallest absolute Gasteiger partial charge is 0.240 e. The van der Waals surface area contributed by atoms with Gasteiger partial charge in [0.1, 0.15) is 11.9 Å². The summed E-state index contributed by atoms with van der Waals surface area (Å²) in [5.74, 6) is -0.744. The Morgan fingerprint density at radius 2 is 2.35 bits per heavy atom. The highest BCUT2D eigenvalue weighted by Gasteiger charge is 2.20. The average Bonchev–Trinajstić information content (AvgIpc) is 2.46. The Kier molecular flexibility index (Phi) is 4.67. The maximum Gasteiger partial charge on any atom is 0.240 e. The number of morpholine rings is 1. The molecule has 6 nitrogen and oxygen atoms in total. The number of nitrogens with one attached hydrogen (secondary N) is 2. The number of hydrogen-bond donors (Lipinski definition) is 2. The van der Waals surface area contributed by atoms with Gasteiger partial charge >= 0.3 is 0 Å². The van der Waals surface area contributed by atoms with Crippen molar-refractivity contribution in [2.45, 2.75) is 11.0 Å². The van der Waals surface area contributed by atoms with Crippen LogP contribution >= 0.6 is 0 Å². The minimum Gasteiger partial charge on any atom is -0.374 e. The molecule has 1 aliphatic rings. The van der Waals surface area contributed by atoms with Crippen molar-refractivity contribution in [2.75, 3.05) is 26.2 Å². The van der Waals surface area contributed by atoms with Gasteiger partial charge in [-0.3, -0.25) is 0 Å². The lowest BCUT2D eigenvalue weighted by Crippen LogP contribution is -2.45. The molecule has 1 aliphatic heterocycles. The zero-order chi connectivity index (χ0) is 14.6. The third kappa shape index (κ3) is 3.52. The number of halogens is 1. The Bertz CT molecular complexity index is 621. The van der Waals surface area contributed by atoms with Crippen LogP contribution in [0, 0.1) is 17.1 Å². The van der Waals surface area contributed by atoms with Gasteiger partial charge in [0.2, 0.25) is 10.0 Å². The summed E-state index contributed by atoms with van der Waals surface area (Å²) in [7, 11) is -3.78. The fourth-order valence-corrected chi connectivity index (χ4v) is 2.89. The normalized spacial score (nSPS) is 19.5. The number of nitriles is 1. The van der Waals surface area contributed by atoms with Crippen molar-refractivity contribution in [3.63, 3.8) is 0 Å². The van der Waals surface area contributed by atoms with Crippen LogP contribution in [0.15, 0.2) is 23.1 Å². The van der Waals surface area contributed by atoms with Gasteiger partial charge in [0, 0.05) is 19.6 Å². The van der Waals surface area contributed by atoms with Crippen molar-refractivity contribution in [1.29, 1.82) is 5.26 Å². The fourth-order valence-electron chi connectivity index (χ4n) is 1.79. The van der Waals surface area contributed by atoms with Gasteiger partial charge in [0.25, 0.3) is 0 Å². The quantitative estimate of drug-likeness (QED) is 0.814. The second kappa shape index (κ2) is 6.28. The molecule has 1 saturated heterocycles. The molecular formula is C12H14FN3O3S. The summed E-state index contributed by atoms with van der Waals surface area (Å²) in [5, 5.41) is 11.8. The molecule has 1 fully saturated rings. The van der Waals surface area contributed by atoms with E-state index >= 15 is 0 Å². The van der Waals surface area contributed by atoms with Crippen LogP contribution in [0.25, 0.3) is 0 Å². The molecule has 0 amide bonds. The molecule has 1 aromatic carbocycles. The minimum atomic E-state index is -3.78. The van der Waals surface area contributed by atoms with Gasteiger partial charge in [-0.1, -0.05) is 0 Å². The molecule has 108 valence electrons. The second-order valence-electron chi connectivity index (χ2n) is 4.30. The Morgan fingerprint density at radius 3 is 3.00 bits per heavy atom. The van der Waals surface area contributed by atoms with Gasteiger partial charge in [0.15, 0.2) is 0 Å². The van der Waals surface area contributed by atoms with Gasteiger partial charge in [-0.05, 0) is 18.2 Å². The average molecular weight is 299 g/mol. The molecule has 1 atom stereocenters.